The van der Waals surface area contributed by atoms with Crippen molar-refractivity contribution in [3.05, 3.63) is 47.5 Å². The van der Waals surface area contributed by atoms with Gasteiger partial charge in [-0.15, -0.1) is 23.2 Å². The number of aryl methyl sites for hydroxylation is 3. The smallest absolute Gasteiger partial charge is 0.270 e. The van der Waals surface area contributed by atoms with Crippen molar-refractivity contribution in [2.24, 2.45) is 0 Å². The minimum Gasteiger partial charge on any atom is -0.361 e. The van der Waals surface area contributed by atoms with E-state index in [0.29, 0.717) is 42.1 Å². The molecule has 0 unspecified atom stereocenters. The molecule has 34 heavy (non-hydrogen) atoms. The van der Waals surface area contributed by atoms with Crippen LogP contribution < -0.4 is 10.6 Å². The number of pyridine rings is 1. The molecule has 0 saturated carbocycles. The van der Waals surface area contributed by atoms with Crippen LogP contribution in [0.5, 0.6) is 0 Å². The highest BCUT2D eigenvalue weighted by atomic mass is 35.5. The van der Waals surface area contributed by atoms with Gasteiger partial charge in [-0.1, -0.05) is 5.16 Å². The van der Waals surface area contributed by atoms with Gasteiger partial charge in [-0.2, -0.15) is 9.49 Å². The van der Waals surface area contributed by atoms with E-state index in [9.17, 15) is 14.0 Å². The zero-order valence-electron chi connectivity index (χ0n) is 18.9. The number of hydrogen-bond acceptors (Lipinski definition) is 6. The lowest BCUT2D eigenvalue weighted by Gasteiger charge is -2.19. The Kier molecular flexibility index (Phi) is 8.62. The van der Waals surface area contributed by atoms with Crippen LogP contribution in [0.15, 0.2) is 28.9 Å². The quantitative estimate of drug-likeness (QED) is 0.308. The van der Waals surface area contributed by atoms with Gasteiger partial charge in [0.05, 0.1) is 11.3 Å². The van der Waals surface area contributed by atoms with Crippen molar-refractivity contribution >= 4 is 40.8 Å². The van der Waals surface area contributed by atoms with Gasteiger partial charge in [0.2, 0.25) is 11.9 Å². The molecule has 0 fully saturated rings. The molecule has 3 aromatic heterocycles. The van der Waals surface area contributed by atoms with Crippen molar-refractivity contribution in [3.8, 4) is 11.1 Å². The van der Waals surface area contributed by atoms with Crippen LogP contribution in [-0.2, 0) is 11.3 Å². The number of carbonyl (C=O) groups excluding carboxylic acids is 2. The Morgan fingerprint density at radius 2 is 1.97 bits per heavy atom. The van der Waals surface area contributed by atoms with Crippen LogP contribution in [0, 0.1) is 19.8 Å². The Hall–Kier alpha value is -2.98. The first-order valence-corrected chi connectivity index (χ1v) is 11.6. The number of hydrogen-bond donors (Lipinski definition) is 2. The minimum atomic E-state index is -0.924. The standard InChI is InChI=1S/C22H25Cl2FN6O3/c1-4-31-16(10-11-26-31)22(33)27-15(6-5-7-17(23)24)21(32)29-18-9-8-14(20(25)28-18)19-12(2)30-34-13(19)3/h8-11,15,17H,4-7H2,1-3H3,(H,27,33)(H,28,29,32)/t15-/m1/s1. The normalized spacial score (nSPS) is 12.1. The Morgan fingerprint density at radius 3 is 2.59 bits per heavy atom. The van der Waals surface area contributed by atoms with Crippen LogP contribution in [0.3, 0.4) is 0 Å². The summed E-state index contributed by atoms with van der Waals surface area (Å²) in [6.07, 6.45) is 2.70. The van der Waals surface area contributed by atoms with Crippen LogP contribution in [-0.4, -0.2) is 42.6 Å². The Labute approximate surface area is 206 Å². The summed E-state index contributed by atoms with van der Waals surface area (Å²) in [5.74, 6) is -1.33. The molecular formula is C22H25Cl2FN6O3. The minimum absolute atomic E-state index is 0.00317. The summed E-state index contributed by atoms with van der Waals surface area (Å²) in [6, 6.07) is 3.60. The van der Waals surface area contributed by atoms with Crippen molar-refractivity contribution < 1.29 is 18.5 Å². The van der Waals surface area contributed by atoms with E-state index in [4.69, 9.17) is 27.7 Å². The first-order valence-electron chi connectivity index (χ1n) is 10.7. The molecule has 3 rings (SSSR count). The van der Waals surface area contributed by atoms with Gasteiger partial charge in [0.15, 0.2) is 0 Å². The molecule has 2 amide bonds. The molecule has 2 N–H and O–H groups in total. The van der Waals surface area contributed by atoms with Gasteiger partial charge in [0.25, 0.3) is 5.91 Å². The largest absolute Gasteiger partial charge is 0.361 e. The summed E-state index contributed by atoms with van der Waals surface area (Å²) < 4.78 is 21.4. The SMILES string of the molecule is CCn1nccc1C(=O)N[C@H](CCCC(Cl)Cl)C(=O)Nc1ccc(-c2c(C)noc2C)c(F)n1. The predicted molar refractivity (Wildman–Crippen MR) is 126 cm³/mol. The van der Waals surface area contributed by atoms with Gasteiger partial charge in [-0.3, -0.25) is 14.3 Å². The van der Waals surface area contributed by atoms with E-state index in [1.807, 2.05) is 6.92 Å². The maximum absolute atomic E-state index is 14.8. The van der Waals surface area contributed by atoms with E-state index in [2.05, 4.69) is 25.9 Å². The molecule has 0 spiro atoms. The van der Waals surface area contributed by atoms with Crippen molar-refractivity contribution in [1.29, 1.82) is 0 Å². The van der Waals surface area contributed by atoms with Crippen LogP contribution in [0.2, 0.25) is 0 Å². The molecular weight excluding hydrogens is 486 g/mol. The number of nitrogens with one attached hydrogen (secondary N) is 2. The number of nitrogens with zero attached hydrogens (tertiary/aromatic N) is 4. The summed E-state index contributed by atoms with van der Waals surface area (Å²) in [5, 5.41) is 13.2. The number of aromatic nitrogens is 4. The highest BCUT2D eigenvalue weighted by Gasteiger charge is 2.24. The zero-order chi connectivity index (χ0) is 24.8. The lowest BCUT2D eigenvalue weighted by Crippen LogP contribution is -2.44. The molecule has 3 heterocycles. The van der Waals surface area contributed by atoms with Crippen molar-refractivity contribution in [1.82, 2.24) is 25.2 Å². The fraction of sp³-hybridized carbons (Fsp3) is 0.409. The molecule has 0 aliphatic carbocycles. The zero-order valence-corrected chi connectivity index (χ0v) is 20.5. The summed E-state index contributed by atoms with van der Waals surface area (Å²) >= 11 is 11.6. The fourth-order valence-electron chi connectivity index (χ4n) is 3.53. The first kappa shape index (κ1) is 25.6. The average Bonchev–Trinajstić information content (AvgIpc) is 3.39. The number of amides is 2. The first-order chi connectivity index (χ1) is 16.2. The van der Waals surface area contributed by atoms with Crippen molar-refractivity contribution in [2.45, 2.75) is 57.5 Å². The topological polar surface area (TPSA) is 115 Å². The fourth-order valence-corrected chi connectivity index (χ4v) is 3.83. The van der Waals surface area contributed by atoms with Gasteiger partial charge in [0.1, 0.15) is 28.2 Å². The van der Waals surface area contributed by atoms with Gasteiger partial charge in [-0.05, 0) is 58.2 Å². The third kappa shape index (κ3) is 6.12. The Morgan fingerprint density at radius 1 is 1.21 bits per heavy atom. The second-order valence-corrected chi connectivity index (χ2v) is 8.88. The molecule has 0 aromatic carbocycles. The average molecular weight is 511 g/mol. The molecule has 0 aliphatic rings. The molecule has 0 radical (unpaired) electrons. The molecule has 1 atom stereocenters. The number of carbonyl (C=O) groups is 2. The van der Waals surface area contributed by atoms with Crippen LogP contribution >= 0.6 is 23.2 Å². The van der Waals surface area contributed by atoms with E-state index in [0.717, 1.165) is 0 Å². The Balaban J connectivity index is 1.76. The highest BCUT2D eigenvalue weighted by Crippen LogP contribution is 2.29. The number of rotatable bonds is 10. The number of alkyl halides is 2. The Bertz CT molecular complexity index is 1140. The number of halogens is 3. The maximum atomic E-state index is 14.8. The van der Waals surface area contributed by atoms with Crippen LogP contribution in [0.4, 0.5) is 10.2 Å². The van der Waals surface area contributed by atoms with E-state index in [1.54, 1.807) is 19.9 Å². The van der Waals surface area contributed by atoms with Gasteiger partial charge in [-0.25, -0.2) is 4.98 Å². The van der Waals surface area contributed by atoms with Gasteiger partial charge in [0, 0.05) is 18.3 Å². The maximum Gasteiger partial charge on any atom is 0.270 e. The summed E-state index contributed by atoms with van der Waals surface area (Å²) in [4.78, 5) is 29.0. The molecule has 0 aliphatic heterocycles. The molecule has 0 saturated heterocycles. The summed E-state index contributed by atoms with van der Waals surface area (Å²) in [7, 11) is 0. The van der Waals surface area contributed by atoms with Gasteiger partial charge >= 0.3 is 0 Å². The molecule has 0 bridgehead atoms. The third-order valence-electron chi connectivity index (χ3n) is 5.19. The van der Waals surface area contributed by atoms with Crippen LogP contribution in [0.25, 0.3) is 11.1 Å². The van der Waals surface area contributed by atoms with E-state index < -0.39 is 28.6 Å². The lowest BCUT2D eigenvalue weighted by molar-refractivity contribution is -0.118. The predicted octanol–water partition coefficient (Wildman–Crippen LogP) is 4.42. The summed E-state index contributed by atoms with van der Waals surface area (Å²) in [6.45, 7) is 5.72. The molecule has 12 heteroatoms. The highest BCUT2D eigenvalue weighted by molar-refractivity contribution is 6.44. The van der Waals surface area contributed by atoms with Crippen LogP contribution in [0.1, 0.15) is 48.1 Å². The number of anilines is 1. The third-order valence-corrected chi connectivity index (χ3v) is 5.62. The van der Waals surface area contributed by atoms with Crippen molar-refractivity contribution in [2.75, 3.05) is 5.32 Å². The van der Waals surface area contributed by atoms with Crippen molar-refractivity contribution in [3.63, 3.8) is 0 Å². The van der Waals surface area contributed by atoms with E-state index in [-0.39, 0.29) is 17.8 Å². The molecule has 3 aromatic rings. The monoisotopic (exact) mass is 510 g/mol. The second kappa shape index (κ2) is 11.4. The van der Waals surface area contributed by atoms with Gasteiger partial charge < -0.3 is 15.2 Å². The van der Waals surface area contributed by atoms with E-state index >= 15 is 0 Å². The lowest BCUT2D eigenvalue weighted by atomic mass is 10.1. The molecule has 9 nitrogen and oxygen atoms in total. The van der Waals surface area contributed by atoms with E-state index in [1.165, 1.54) is 23.0 Å². The summed E-state index contributed by atoms with van der Waals surface area (Å²) in [5.41, 5.74) is 1.57. The second-order valence-electron chi connectivity index (χ2n) is 7.60. The molecule has 182 valence electrons.